The van der Waals surface area contributed by atoms with Crippen molar-refractivity contribution in [2.24, 2.45) is 5.73 Å². The number of anilines is 1. The van der Waals surface area contributed by atoms with Gasteiger partial charge in [-0.3, -0.25) is 9.10 Å². The quantitative estimate of drug-likeness (QED) is 0.826. The van der Waals surface area contributed by atoms with Crippen LogP contribution in [-0.2, 0) is 14.8 Å². The molecule has 1 aromatic carbocycles. The van der Waals surface area contributed by atoms with Crippen molar-refractivity contribution in [1.29, 1.82) is 0 Å². The van der Waals surface area contributed by atoms with Crippen molar-refractivity contribution in [3.05, 3.63) is 30.3 Å². The summed E-state index contributed by atoms with van der Waals surface area (Å²) in [7, 11) is -2.34. The van der Waals surface area contributed by atoms with Crippen molar-refractivity contribution in [3.63, 3.8) is 0 Å². The first-order valence-corrected chi connectivity index (χ1v) is 6.20. The number of para-hydroxylation sites is 1. The normalized spacial score (nSPS) is 13.1. The molecule has 16 heavy (non-hydrogen) atoms. The molecular formula is C10H14N2O3S. The fourth-order valence-electron chi connectivity index (χ4n) is 1.17. The lowest BCUT2D eigenvalue weighted by atomic mass is 10.3. The summed E-state index contributed by atoms with van der Waals surface area (Å²) in [5.41, 5.74) is 5.49. The number of primary amides is 1. The minimum atomic E-state index is -3.73. The Morgan fingerprint density at radius 3 is 2.25 bits per heavy atom. The Balaban J connectivity index is 3.07. The molecule has 0 heterocycles. The summed E-state index contributed by atoms with van der Waals surface area (Å²) >= 11 is 0. The second-order valence-electron chi connectivity index (χ2n) is 3.39. The second kappa shape index (κ2) is 4.52. The van der Waals surface area contributed by atoms with E-state index in [4.69, 9.17) is 5.73 Å². The molecule has 6 heteroatoms. The summed E-state index contributed by atoms with van der Waals surface area (Å²) < 4.78 is 24.9. The van der Waals surface area contributed by atoms with E-state index in [1.807, 2.05) is 0 Å². The molecule has 1 aromatic rings. The van der Waals surface area contributed by atoms with Crippen molar-refractivity contribution in [2.45, 2.75) is 12.2 Å². The maximum atomic E-state index is 11.9. The van der Waals surface area contributed by atoms with Crippen LogP contribution in [0.5, 0.6) is 0 Å². The summed E-state index contributed by atoms with van der Waals surface area (Å²) in [4.78, 5) is 10.9. The predicted octanol–water partition coefficient (Wildman–Crippen LogP) is 0.326. The lowest BCUT2D eigenvalue weighted by Gasteiger charge is -2.22. The molecule has 0 aromatic heterocycles. The van der Waals surface area contributed by atoms with Crippen LogP contribution >= 0.6 is 0 Å². The van der Waals surface area contributed by atoms with E-state index in [1.54, 1.807) is 30.3 Å². The molecular weight excluding hydrogens is 228 g/mol. The number of carbonyl (C=O) groups excluding carboxylic acids is 1. The summed E-state index contributed by atoms with van der Waals surface area (Å²) in [6.07, 6.45) is 0. The first kappa shape index (κ1) is 12.5. The van der Waals surface area contributed by atoms with Crippen molar-refractivity contribution in [2.75, 3.05) is 11.4 Å². The Hall–Kier alpha value is -1.56. The van der Waals surface area contributed by atoms with Gasteiger partial charge < -0.3 is 5.73 Å². The third-order valence-electron chi connectivity index (χ3n) is 2.35. The highest BCUT2D eigenvalue weighted by molar-refractivity contribution is 7.94. The van der Waals surface area contributed by atoms with Crippen LogP contribution in [0.1, 0.15) is 6.92 Å². The van der Waals surface area contributed by atoms with Crippen LogP contribution in [0.2, 0.25) is 0 Å². The van der Waals surface area contributed by atoms with Crippen molar-refractivity contribution in [3.8, 4) is 0 Å². The van der Waals surface area contributed by atoms with E-state index < -0.39 is 21.2 Å². The summed E-state index contributed by atoms with van der Waals surface area (Å²) in [6.45, 7) is 1.27. The Labute approximate surface area is 94.9 Å². The van der Waals surface area contributed by atoms with Gasteiger partial charge in [0.15, 0.2) is 5.25 Å². The molecule has 0 fully saturated rings. The fourth-order valence-corrected chi connectivity index (χ4v) is 2.35. The molecule has 1 unspecified atom stereocenters. The third-order valence-corrected chi connectivity index (χ3v) is 4.45. The van der Waals surface area contributed by atoms with E-state index in [0.29, 0.717) is 5.69 Å². The molecule has 0 saturated carbocycles. The van der Waals surface area contributed by atoms with Gasteiger partial charge in [0.1, 0.15) is 0 Å². The number of amides is 1. The molecule has 0 bridgehead atoms. The van der Waals surface area contributed by atoms with Crippen LogP contribution in [0.3, 0.4) is 0 Å². The number of rotatable bonds is 4. The third kappa shape index (κ3) is 2.33. The number of hydrogen-bond acceptors (Lipinski definition) is 3. The molecule has 1 rings (SSSR count). The van der Waals surface area contributed by atoms with Gasteiger partial charge in [-0.25, -0.2) is 8.42 Å². The zero-order valence-electron chi connectivity index (χ0n) is 9.12. The predicted molar refractivity (Wildman–Crippen MR) is 62.4 cm³/mol. The standard InChI is InChI=1S/C10H14N2O3S/c1-8(10(11)13)16(14,15)12(2)9-6-4-3-5-7-9/h3-8H,1-2H3,(H2,11,13). The number of nitrogens with two attached hydrogens (primary N) is 1. The van der Waals surface area contributed by atoms with Gasteiger partial charge in [-0.1, -0.05) is 18.2 Å². The van der Waals surface area contributed by atoms with Crippen LogP contribution in [0.4, 0.5) is 5.69 Å². The van der Waals surface area contributed by atoms with Crippen LogP contribution in [0, 0.1) is 0 Å². The number of carbonyl (C=O) groups is 1. The van der Waals surface area contributed by atoms with Gasteiger partial charge >= 0.3 is 0 Å². The van der Waals surface area contributed by atoms with Gasteiger partial charge in [-0.05, 0) is 19.1 Å². The van der Waals surface area contributed by atoms with E-state index >= 15 is 0 Å². The van der Waals surface area contributed by atoms with Crippen molar-refractivity contribution in [1.82, 2.24) is 0 Å². The SMILES string of the molecule is CC(C(N)=O)S(=O)(=O)N(C)c1ccccc1. The monoisotopic (exact) mass is 242 g/mol. The summed E-state index contributed by atoms with van der Waals surface area (Å²) in [5, 5.41) is -1.24. The molecule has 0 saturated heterocycles. The molecule has 0 radical (unpaired) electrons. The van der Waals surface area contributed by atoms with E-state index in [9.17, 15) is 13.2 Å². The Kier molecular flexibility index (Phi) is 3.54. The van der Waals surface area contributed by atoms with Crippen LogP contribution in [0.15, 0.2) is 30.3 Å². The molecule has 0 aliphatic rings. The van der Waals surface area contributed by atoms with Gasteiger partial charge in [0, 0.05) is 7.05 Å². The fraction of sp³-hybridized carbons (Fsp3) is 0.300. The average molecular weight is 242 g/mol. The lowest BCUT2D eigenvalue weighted by molar-refractivity contribution is -0.117. The highest BCUT2D eigenvalue weighted by Gasteiger charge is 2.30. The number of sulfonamides is 1. The Bertz CT molecular complexity index is 470. The highest BCUT2D eigenvalue weighted by atomic mass is 32.2. The second-order valence-corrected chi connectivity index (χ2v) is 5.68. The summed E-state index contributed by atoms with van der Waals surface area (Å²) in [5.74, 6) is -0.859. The molecule has 0 aliphatic heterocycles. The molecule has 1 amide bonds. The van der Waals surface area contributed by atoms with E-state index in [-0.39, 0.29) is 0 Å². The first-order chi connectivity index (χ1) is 7.37. The zero-order valence-corrected chi connectivity index (χ0v) is 9.94. The van der Waals surface area contributed by atoms with E-state index in [1.165, 1.54) is 14.0 Å². The zero-order chi connectivity index (χ0) is 12.3. The van der Waals surface area contributed by atoms with Crippen LogP contribution < -0.4 is 10.0 Å². The van der Waals surface area contributed by atoms with Gasteiger partial charge in [-0.15, -0.1) is 0 Å². The minimum Gasteiger partial charge on any atom is -0.368 e. The van der Waals surface area contributed by atoms with Gasteiger partial charge in [0.2, 0.25) is 15.9 Å². The maximum Gasteiger partial charge on any atom is 0.246 e. The van der Waals surface area contributed by atoms with Gasteiger partial charge in [-0.2, -0.15) is 0 Å². The number of hydrogen-bond donors (Lipinski definition) is 1. The first-order valence-electron chi connectivity index (χ1n) is 4.69. The van der Waals surface area contributed by atoms with Crippen molar-refractivity contribution >= 4 is 21.6 Å². The van der Waals surface area contributed by atoms with E-state index in [0.717, 1.165) is 4.31 Å². The smallest absolute Gasteiger partial charge is 0.246 e. The largest absolute Gasteiger partial charge is 0.368 e. The number of benzene rings is 1. The minimum absolute atomic E-state index is 0.496. The molecule has 0 spiro atoms. The highest BCUT2D eigenvalue weighted by Crippen LogP contribution is 2.17. The van der Waals surface area contributed by atoms with Crippen molar-refractivity contribution < 1.29 is 13.2 Å². The molecule has 1 atom stereocenters. The molecule has 5 nitrogen and oxygen atoms in total. The maximum absolute atomic E-state index is 11.9. The van der Waals surface area contributed by atoms with Gasteiger partial charge in [0.25, 0.3) is 0 Å². The van der Waals surface area contributed by atoms with E-state index in [2.05, 4.69) is 0 Å². The number of nitrogens with zero attached hydrogens (tertiary/aromatic N) is 1. The molecule has 2 N–H and O–H groups in total. The van der Waals surface area contributed by atoms with Gasteiger partial charge in [0.05, 0.1) is 5.69 Å². The Morgan fingerprint density at radius 1 is 1.31 bits per heavy atom. The Morgan fingerprint density at radius 2 is 1.81 bits per heavy atom. The lowest BCUT2D eigenvalue weighted by Crippen LogP contribution is -2.42. The molecule has 88 valence electrons. The van der Waals surface area contributed by atoms with Crippen LogP contribution in [0.25, 0.3) is 0 Å². The molecule has 0 aliphatic carbocycles. The summed E-state index contributed by atoms with van der Waals surface area (Å²) in [6, 6.07) is 8.50. The topological polar surface area (TPSA) is 80.5 Å². The average Bonchev–Trinajstić information content (AvgIpc) is 2.28. The van der Waals surface area contributed by atoms with Crippen LogP contribution in [-0.4, -0.2) is 26.6 Å².